The molecule has 0 heterocycles. The molecular formula is C49H43Cl4F10N7O19. The number of allylic oxidation sites excluding steroid dienone is 2. The number of nitrogens with one attached hydrogen (secondary N) is 1. The fourth-order valence-corrected chi connectivity index (χ4v) is 5.81. The summed E-state index contributed by atoms with van der Waals surface area (Å²) in [6.07, 6.45) is -9.78. The van der Waals surface area contributed by atoms with Gasteiger partial charge in [0.15, 0.2) is 43.8 Å². The number of benzene rings is 4. The molecule has 0 amide bonds. The number of carbonyl (C=O) groups excluding carboxylic acids is 4. The SMILES string of the molecule is CC(=O)/C=N\Nc1cc(OCC(=O)O)c(Cl)cc1F.CCOC(=O)COc1cc(N)c(F)cc1Cl.CCOC(=O)COc1cc(N=NC(C(=O)OCC)=C(O)C(F)(F)F)c(F)cc1Cl.O=C(O)COc1cc(N=NC(C(=O)O)=C(O)C(F)(F)F)c(F)cc1Cl. The van der Waals surface area contributed by atoms with Crippen LogP contribution >= 0.6 is 46.4 Å². The van der Waals surface area contributed by atoms with E-state index in [1.165, 1.54) is 19.9 Å². The third kappa shape index (κ3) is 28.3. The molecule has 0 aliphatic rings. The minimum absolute atomic E-state index is 0.00834. The highest BCUT2D eigenvalue weighted by Crippen LogP contribution is 2.36. The van der Waals surface area contributed by atoms with Crippen LogP contribution in [0, 0.1) is 23.3 Å². The number of hydrazone groups is 1. The van der Waals surface area contributed by atoms with E-state index in [-0.39, 0.29) is 86.7 Å². The average molecular weight is 1370 g/mol. The molecule has 4 rings (SSSR count). The Morgan fingerprint density at radius 2 is 0.888 bits per heavy atom. The highest BCUT2D eigenvalue weighted by molar-refractivity contribution is 6.33. The van der Waals surface area contributed by atoms with Gasteiger partial charge in [-0.25, -0.2) is 46.3 Å². The van der Waals surface area contributed by atoms with Crippen LogP contribution in [0.25, 0.3) is 0 Å². The fourth-order valence-electron chi connectivity index (χ4n) is 4.99. The lowest BCUT2D eigenvalue weighted by Crippen LogP contribution is -2.18. The zero-order valence-corrected chi connectivity index (χ0v) is 48.2. The second-order valence-corrected chi connectivity index (χ2v) is 17.0. The fraction of sp³-hybridized carbons (Fsp3) is 0.265. The molecule has 0 aromatic heterocycles. The molecule has 8 N–H and O–H groups in total. The van der Waals surface area contributed by atoms with E-state index in [0.29, 0.717) is 18.2 Å². The van der Waals surface area contributed by atoms with Gasteiger partial charge in [-0.3, -0.25) is 10.2 Å². The first-order chi connectivity index (χ1) is 41.4. The number of alkyl halides is 6. The number of rotatable bonds is 24. The number of aliphatic hydroxyl groups excluding tert-OH is 2. The normalized spacial score (nSPS) is 11.7. The first kappa shape index (κ1) is 77.6. The second-order valence-electron chi connectivity index (χ2n) is 15.4. The molecule has 4 aromatic carbocycles. The summed E-state index contributed by atoms with van der Waals surface area (Å²) < 4.78 is 162. The molecule has 0 atom stereocenters. The first-order valence-corrected chi connectivity index (χ1v) is 24.9. The van der Waals surface area contributed by atoms with Crippen molar-refractivity contribution in [2.24, 2.45) is 25.6 Å². The summed E-state index contributed by atoms with van der Waals surface area (Å²) in [6.45, 7) is 3.52. The van der Waals surface area contributed by atoms with Crippen molar-refractivity contribution in [1.29, 1.82) is 0 Å². The van der Waals surface area contributed by atoms with Crippen LogP contribution in [-0.2, 0) is 47.8 Å². The van der Waals surface area contributed by atoms with Crippen molar-refractivity contribution in [3.05, 3.63) is 115 Å². The Bertz CT molecular complexity index is 3370. The van der Waals surface area contributed by atoms with Crippen LogP contribution in [0.3, 0.4) is 0 Å². The van der Waals surface area contributed by atoms with Gasteiger partial charge in [0.05, 0.1) is 57.5 Å². The number of anilines is 2. The number of halogens is 14. The molecule has 40 heteroatoms. The van der Waals surface area contributed by atoms with Crippen molar-refractivity contribution >= 4 is 117 Å². The Hall–Kier alpha value is -9.42. The van der Waals surface area contributed by atoms with Gasteiger partial charge in [-0.2, -0.15) is 31.4 Å². The number of Topliss-reactive ketones (excluding diaryl/α,β-unsaturated/α-hetero) is 1. The molecule has 0 fully saturated rings. The summed E-state index contributed by atoms with van der Waals surface area (Å²) in [5.74, 6) is -17.2. The largest absolute Gasteiger partial charge is 0.502 e. The van der Waals surface area contributed by atoms with E-state index in [1.807, 2.05) is 0 Å². The maximum atomic E-state index is 14.0. The van der Waals surface area contributed by atoms with Gasteiger partial charge in [0.1, 0.15) is 46.0 Å². The maximum absolute atomic E-state index is 14.0. The number of nitrogen functional groups attached to an aromatic ring is 1. The molecule has 0 spiro atoms. The summed E-state index contributed by atoms with van der Waals surface area (Å²) in [7, 11) is 0. The summed E-state index contributed by atoms with van der Waals surface area (Å²) in [4.78, 5) is 76.0. The molecule has 89 heavy (non-hydrogen) atoms. The summed E-state index contributed by atoms with van der Waals surface area (Å²) in [5, 5.41) is 58.2. The topological polar surface area (TPSA) is 385 Å². The lowest BCUT2D eigenvalue weighted by atomic mass is 10.3. The Kier molecular flexibility index (Phi) is 32.5. The Morgan fingerprint density at radius 3 is 1.27 bits per heavy atom. The van der Waals surface area contributed by atoms with Gasteiger partial charge in [-0.1, -0.05) is 46.4 Å². The number of esters is 3. The number of nitrogens with two attached hydrogens (primary N) is 1. The summed E-state index contributed by atoms with van der Waals surface area (Å²) in [6, 6.07) is 7.16. The van der Waals surface area contributed by atoms with Gasteiger partial charge >= 0.3 is 48.2 Å². The van der Waals surface area contributed by atoms with Crippen molar-refractivity contribution < 1.29 is 136 Å². The van der Waals surface area contributed by atoms with E-state index in [9.17, 15) is 82.6 Å². The van der Waals surface area contributed by atoms with Crippen LogP contribution in [-0.4, -0.2) is 132 Å². The van der Waals surface area contributed by atoms with Gasteiger partial charge in [0.2, 0.25) is 22.9 Å². The molecular weight excluding hydrogens is 1320 g/mol. The molecule has 0 bridgehead atoms. The van der Waals surface area contributed by atoms with E-state index in [0.717, 1.165) is 30.5 Å². The third-order valence-electron chi connectivity index (χ3n) is 8.68. The summed E-state index contributed by atoms with van der Waals surface area (Å²) >= 11 is 22.7. The van der Waals surface area contributed by atoms with Gasteiger partial charge in [0, 0.05) is 31.2 Å². The van der Waals surface area contributed by atoms with Gasteiger partial charge in [0.25, 0.3) is 0 Å². The van der Waals surface area contributed by atoms with Crippen molar-refractivity contribution in [1.82, 2.24) is 0 Å². The van der Waals surface area contributed by atoms with Gasteiger partial charge in [-0.15, -0.1) is 20.5 Å². The molecule has 0 aliphatic carbocycles. The van der Waals surface area contributed by atoms with Crippen molar-refractivity contribution in [2.45, 2.75) is 40.0 Å². The number of aliphatic hydroxyl groups is 2. The first-order valence-electron chi connectivity index (χ1n) is 23.4. The Labute approximate surface area is 512 Å². The minimum atomic E-state index is -5.42. The third-order valence-corrected chi connectivity index (χ3v) is 9.86. The lowest BCUT2D eigenvalue weighted by molar-refractivity contribution is -0.146. The zero-order valence-electron chi connectivity index (χ0n) is 45.2. The van der Waals surface area contributed by atoms with Crippen LogP contribution in [0.15, 0.2) is 97.0 Å². The van der Waals surface area contributed by atoms with Crippen molar-refractivity contribution in [3.8, 4) is 23.0 Å². The van der Waals surface area contributed by atoms with Crippen LogP contribution in [0.1, 0.15) is 27.7 Å². The molecule has 26 nitrogen and oxygen atoms in total. The van der Waals surface area contributed by atoms with Crippen LogP contribution in [0.5, 0.6) is 23.0 Å². The van der Waals surface area contributed by atoms with Gasteiger partial charge in [-0.05, 0) is 45.0 Å². The number of hydrogen-bond donors (Lipinski definition) is 7. The average Bonchev–Trinajstić information content (AvgIpc) is 3.58. The van der Waals surface area contributed by atoms with Crippen molar-refractivity contribution in [2.75, 3.05) is 57.4 Å². The van der Waals surface area contributed by atoms with Gasteiger partial charge < -0.3 is 64.4 Å². The van der Waals surface area contributed by atoms with E-state index < -0.39 is 126 Å². The number of carboxylic acid groups (broad SMARTS) is 3. The minimum Gasteiger partial charge on any atom is -0.502 e. The van der Waals surface area contributed by atoms with Crippen LogP contribution in [0.2, 0.25) is 20.1 Å². The molecule has 0 aliphatic heterocycles. The van der Waals surface area contributed by atoms with E-state index in [4.69, 9.17) is 91.5 Å². The molecule has 0 saturated carbocycles. The number of hydrogen-bond acceptors (Lipinski definition) is 23. The standard InChI is InChI=1S/C16H15ClF4N2O6.C12H7ClF4N2O6.C11H10ClFN2O4.C10H11ClFNO3/c1-3-27-12(24)7-29-11-6-10(9(18)5-8(11)17)22-23-13(15(26)28-4-2)14(25)16(19,20)21;13-4-1-5(14)6(2-7(4)25-3-8(20)21)18-19-9(11(23)24)10(22)12(15,16)17;1-6(16)4-14-15-9-3-10(19-5-11(17)18)7(12)2-8(9)13;1-2-15-10(14)5-16-9-4-8(13)7(12)3-6(9)11/h5-6,25H,3-4,7H2,1-2H3;1-2,22H,3H2,(H,20,21)(H,23,24);2-4,15H,5H2,1H3,(H,17,18);3-4H,2,5,13H2,1H3/b;;14-4-;. The lowest BCUT2D eigenvalue weighted by Gasteiger charge is -2.09. The smallest absolute Gasteiger partial charge is 0.451 e. The van der Waals surface area contributed by atoms with E-state index in [2.05, 4.69) is 45.2 Å². The number of ketones is 1. The van der Waals surface area contributed by atoms with Crippen LogP contribution < -0.4 is 30.1 Å². The number of ether oxygens (including phenoxy) is 7. The predicted molar refractivity (Wildman–Crippen MR) is 288 cm³/mol. The Balaban J connectivity index is 0.000000607. The second kappa shape index (κ2) is 37.3. The molecule has 0 saturated heterocycles. The molecule has 0 radical (unpaired) electrons. The predicted octanol–water partition coefficient (Wildman–Crippen LogP) is 11.8. The molecule has 4 aromatic rings. The van der Waals surface area contributed by atoms with Crippen LogP contribution in [0.4, 0.5) is 66.7 Å². The summed E-state index contributed by atoms with van der Waals surface area (Å²) in [5.41, 5.74) is 2.47. The van der Waals surface area contributed by atoms with Crippen molar-refractivity contribution in [3.63, 3.8) is 0 Å². The number of aliphatic carboxylic acids is 3. The highest BCUT2D eigenvalue weighted by atomic mass is 35.5. The number of carbonyl (C=O) groups is 7. The monoisotopic (exact) mass is 1360 g/mol. The zero-order chi connectivity index (χ0) is 68.1. The number of nitrogens with zero attached hydrogens (tertiary/aromatic N) is 5. The van der Waals surface area contributed by atoms with E-state index in [1.54, 1.807) is 13.8 Å². The number of carboxylic acids is 3. The Morgan fingerprint density at radius 1 is 0.528 bits per heavy atom. The molecule has 0 unspecified atom stereocenters. The molecule has 486 valence electrons. The quantitative estimate of drug-likeness (QED) is 0.00394. The highest BCUT2D eigenvalue weighted by Gasteiger charge is 2.40. The number of azo groups is 2. The maximum Gasteiger partial charge on any atom is 0.451 e. The van der Waals surface area contributed by atoms with E-state index >= 15 is 0 Å².